The summed E-state index contributed by atoms with van der Waals surface area (Å²) in [6.45, 7) is -0.0611. The number of aliphatic hydroxyl groups excluding tert-OH is 2. The molecule has 0 spiro atoms. The lowest BCUT2D eigenvalue weighted by atomic mass is 10.1. The van der Waals surface area contributed by atoms with Crippen LogP contribution in [0, 0.1) is 0 Å². The number of halogens is 1. The molecule has 39 heavy (non-hydrogen) atoms. The molecule has 0 bridgehead atoms. The SMILES string of the molecule is O=P(O)(O)CP(=O)(O)NC[C@H]1O[C@@H](n2cnc3c(NCc4ccc5ccccc5c4)nc(Cl)nc32)C(O)C1O. The zero-order valence-corrected chi connectivity index (χ0v) is 22.6. The van der Waals surface area contributed by atoms with Crippen molar-refractivity contribution in [3.05, 3.63) is 59.6 Å². The van der Waals surface area contributed by atoms with Crippen LogP contribution < -0.4 is 10.4 Å². The molecular weight excluding hydrogens is 574 g/mol. The molecule has 3 unspecified atom stereocenters. The van der Waals surface area contributed by atoms with Crippen molar-refractivity contribution < 1.29 is 38.8 Å². The first-order valence-electron chi connectivity index (χ1n) is 11.6. The molecule has 1 aliphatic rings. The number of nitrogens with one attached hydrogen (secondary N) is 2. The van der Waals surface area contributed by atoms with Crippen molar-refractivity contribution in [1.29, 1.82) is 0 Å². The molecule has 208 valence electrons. The van der Waals surface area contributed by atoms with Crippen LogP contribution in [0.15, 0.2) is 48.8 Å². The smallest absolute Gasteiger partial charge is 0.336 e. The van der Waals surface area contributed by atoms with Crippen molar-refractivity contribution in [2.45, 2.75) is 31.1 Å². The van der Waals surface area contributed by atoms with Gasteiger partial charge < -0.3 is 34.9 Å². The molecule has 1 aliphatic heterocycles. The average Bonchev–Trinajstić information content (AvgIpc) is 3.40. The van der Waals surface area contributed by atoms with Gasteiger partial charge in [-0.1, -0.05) is 36.4 Å². The van der Waals surface area contributed by atoms with Gasteiger partial charge in [0.05, 0.1) is 6.33 Å². The molecule has 0 radical (unpaired) electrons. The first-order valence-corrected chi connectivity index (χ1v) is 15.7. The standard InChI is InChI=1S/C22H25ClN6O8P2/c23-22-27-19(24-8-12-5-6-13-3-1-2-4-14(13)7-12)16-20(28-22)29(10-25-16)21-18(31)17(30)15(37-21)9-26-38(32,33)11-39(34,35)36/h1-7,10,15,17-18,21,30-31H,8-9,11H2,(H,24,27,28)(H2,26,32,33)(H2,34,35,36)/t15-,17?,18?,21-/m1/s1. The summed E-state index contributed by atoms with van der Waals surface area (Å²) in [6.07, 6.45) is -4.05. The number of hydrogen-bond acceptors (Lipinski definition) is 9. The second kappa shape index (κ2) is 10.8. The van der Waals surface area contributed by atoms with E-state index in [2.05, 4.69) is 25.4 Å². The third kappa shape index (κ3) is 6.31. The molecule has 0 aliphatic carbocycles. The second-order valence-corrected chi connectivity index (χ2v) is 13.6. The summed E-state index contributed by atoms with van der Waals surface area (Å²) in [7, 11) is -9.22. The van der Waals surface area contributed by atoms with Crippen LogP contribution in [-0.4, -0.2) is 75.2 Å². The van der Waals surface area contributed by atoms with Crippen molar-refractivity contribution in [1.82, 2.24) is 24.6 Å². The van der Waals surface area contributed by atoms with Crippen LogP contribution in [0.25, 0.3) is 21.9 Å². The van der Waals surface area contributed by atoms with Crippen LogP contribution in [0.2, 0.25) is 5.28 Å². The Morgan fingerprint density at radius 1 is 1.03 bits per heavy atom. The summed E-state index contributed by atoms with van der Waals surface area (Å²) in [5.41, 5.74) is 1.52. The zero-order valence-electron chi connectivity index (χ0n) is 20.1. The van der Waals surface area contributed by atoms with Crippen LogP contribution >= 0.6 is 26.7 Å². The molecule has 5 rings (SSSR count). The summed E-state index contributed by atoms with van der Waals surface area (Å²) >= 11 is 6.18. The Morgan fingerprint density at radius 2 is 1.77 bits per heavy atom. The van der Waals surface area contributed by atoms with Gasteiger partial charge in [0.1, 0.15) is 24.2 Å². The fourth-order valence-electron chi connectivity index (χ4n) is 4.39. The highest BCUT2D eigenvalue weighted by Crippen LogP contribution is 2.52. The first kappa shape index (κ1) is 28.1. The highest BCUT2D eigenvalue weighted by molar-refractivity contribution is 7.71. The number of ether oxygens (including phenoxy) is 1. The normalized spacial score (nSPS) is 23.3. The van der Waals surface area contributed by atoms with E-state index in [4.69, 9.17) is 26.1 Å². The number of nitrogens with zero attached hydrogens (tertiary/aromatic N) is 4. The Bertz CT molecular complexity index is 1620. The highest BCUT2D eigenvalue weighted by Gasteiger charge is 2.45. The van der Waals surface area contributed by atoms with E-state index in [1.807, 2.05) is 42.5 Å². The van der Waals surface area contributed by atoms with Gasteiger partial charge in [0.2, 0.25) is 5.28 Å². The second-order valence-electron chi connectivity index (χ2n) is 9.12. The number of fused-ring (bicyclic) bond motifs is 2. The Labute approximate surface area is 226 Å². The third-order valence-corrected chi connectivity index (χ3v) is 10.0. The number of imidazole rings is 1. The minimum atomic E-state index is -4.77. The number of hydrogen-bond donors (Lipinski definition) is 7. The summed E-state index contributed by atoms with van der Waals surface area (Å²) in [4.78, 5) is 40.5. The van der Waals surface area contributed by atoms with Gasteiger partial charge >= 0.3 is 7.60 Å². The number of benzene rings is 2. The van der Waals surface area contributed by atoms with E-state index in [1.165, 1.54) is 10.9 Å². The lowest BCUT2D eigenvalue weighted by Gasteiger charge is -2.19. The molecule has 7 N–H and O–H groups in total. The van der Waals surface area contributed by atoms with Crippen molar-refractivity contribution in [2.75, 3.05) is 17.8 Å². The lowest BCUT2D eigenvalue weighted by Crippen LogP contribution is -2.37. The maximum atomic E-state index is 12.1. The first-order chi connectivity index (χ1) is 18.4. The van der Waals surface area contributed by atoms with E-state index in [1.54, 1.807) is 0 Å². The van der Waals surface area contributed by atoms with E-state index in [0.29, 0.717) is 17.9 Å². The van der Waals surface area contributed by atoms with Crippen molar-refractivity contribution in [3.8, 4) is 0 Å². The van der Waals surface area contributed by atoms with Crippen LogP contribution in [0.4, 0.5) is 5.82 Å². The molecule has 5 atom stereocenters. The van der Waals surface area contributed by atoms with E-state index in [-0.39, 0.29) is 10.9 Å². The molecule has 0 amide bonds. The van der Waals surface area contributed by atoms with Crippen molar-refractivity contribution in [3.63, 3.8) is 0 Å². The predicted octanol–water partition coefficient (Wildman–Crippen LogP) is 1.77. The van der Waals surface area contributed by atoms with E-state index >= 15 is 0 Å². The van der Waals surface area contributed by atoms with E-state index in [0.717, 1.165) is 16.3 Å². The van der Waals surface area contributed by atoms with Gasteiger partial charge in [-0.25, -0.2) is 10.1 Å². The topological polar surface area (TPSA) is 212 Å². The zero-order chi connectivity index (χ0) is 27.9. The summed E-state index contributed by atoms with van der Waals surface area (Å²) in [6, 6.07) is 14.0. The Kier molecular flexibility index (Phi) is 7.79. The maximum absolute atomic E-state index is 12.1. The van der Waals surface area contributed by atoms with E-state index in [9.17, 15) is 24.2 Å². The Balaban J connectivity index is 1.34. The fourth-order valence-corrected chi connectivity index (χ4v) is 7.42. The number of rotatable bonds is 9. The largest absolute Gasteiger partial charge is 0.387 e. The molecule has 4 aromatic rings. The molecule has 17 heteroatoms. The maximum Gasteiger partial charge on any atom is 0.336 e. The molecule has 14 nitrogen and oxygen atoms in total. The van der Waals surface area contributed by atoms with Gasteiger partial charge in [-0.05, 0) is 34.0 Å². The molecule has 3 heterocycles. The fraction of sp³-hybridized carbons (Fsp3) is 0.318. The van der Waals surface area contributed by atoms with Crippen LogP contribution in [0.1, 0.15) is 11.8 Å². The molecule has 1 saturated heterocycles. The van der Waals surface area contributed by atoms with Gasteiger partial charge in [-0.3, -0.25) is 13.7 Å². The van der Waals surface area contributed by atoms with Gasteiger partial charge in [-0.15, -0.1) is 0 Å². The van der Waals surface area contributed by atoms with Crippen molar-refractivity contribution >= 4 is 54.5 Å². The van der Waals surface area contributed by atoms with Gasteiger partial charge in [0.25, 0.3) is 7.52 Å². The monoisotopic (exact) mass is 598 g/mol. The summed E-state index contributed by atoms with van der Waals surface area (Å²) in [5.74, 6) is -0.951. The third-order valence-electron chi connectivity index (χ3n) is 6.19. The van der Waals surface area contributed by atoms with Crippen molar-refractivity contribution in [2.24, 2.45) is 0 Å². The quantitative estimate of drug-likeness (QED) is 0.108. The molecule has 2 aromatic carbocycles. The Morgan fingerprint density at radius 3 is 2.51 bits per heavy atom. The molecule has 1 fully saturated rings. The number of aromatic nitrogens is 4. The van der Waals surface area contributed by atoms with Gasteiger partial charge in [-0.2, -0.15) is 9.97 Å². The molecule has 0 saturated carbocycles. The van der Waals surface area contributed by atoms with Crippen LogP contribution in [-0.2, 0) is 20.4 Å². The minimum Gasteiger partial charge on any atom is -0.387 e. The number of aliphatic hydroxyl groups is 2. The Hall–Kier alpha value is -2.48. The minimum absolute atomic E-state index is 0.102. The highest BCUT2D eigenvalue weighted by atomic mass is 35.5. The predicted molar refractivity (Wildman–Crippen MR) is 142 cm³/mol. The van der Waals surface area contributed by atoms with E-state index < -0.39 is 52.1 Å². The summed E-state index contributed by atoms with van der Waals surface area (Å²) < 4.78 is 30.2. The molecule has 2 aromatic heterocycles. The number of anilines is 1. The van der Waals surface area contributed by atoms with Gasteiger partial charge in [0.15, 0.2) is 23.2 Å². The average molecular weight is 599 g/mol. The lowest BCUT2D eigenvalue weighted by molar-refractivity contribution is -0.0331. The van der Waals surface area contributed by atoms with Crippen LogP contribution in [0.5, 0.6) is 0 Å². The molecular formula is C22H25ClN6O8P2. The summed E-state index contributed by atoms with van der Waals surface area (Å²) in [5, 5.41) is 28.5. The van der Waals surface area contributed by atoms with Gasteiger partial charge in [0, 0.05) is 13.1 Å². The van der Waals surface area contributed by atoms with Crippen LogP contribution in [0.3, 0.4) is 0 Å².